The van der Waals surface area contributed by atoms with Gasteiger partial charge in [0.25, 0.3) is 0 Å². The second-order valence-electron chi connectivity index (χ2n) is 9.47. The van der Waals surface area contributed by atoms with Gasteiger partial charge in [-0.25, -0.2) is 0 Å². The van der Waals surface area contributed by atoms with E-state index in [1.54, 1.807) is 0 Å². The second kappa shape index (κ2) is 10.0. The fourth-order valence-corrected chi connectivity index (χ4v) is 4.63. The Morgan fingerprint density at radius 3 is 1.71 bits per heavy atom. The van der Waals surface area contributed by atoms with Crippen molar-refractivity contribution in [1.29, 1.82) is 0 Å². The van der Waals surface area contributed by atoms with E-state index in [-0.39, 0.29) is 5.41 Å². The lowest BCUT2D eigenvalue weighted by atomic mass is 9.79. The first kappa shape index (κ1) is 22.7. The molecule has 0 N–H and O–H groups in total. The Hall–Kier alpha value is -4.10. The highest BCUT2D eigenvalue weighted by Gasteiger charge is 2.24. The van der Waals surface area contributed by atoms with Gasteiger partial charge in [-0.3, -0.25) is 0 Å². The van der Waals surface area contributed by atoms with Crippen LogP contribution in [0.5, 0.6) is 0 Å². The molecule has 5 rings (SSSR count). The molecule has 1 aliphatic rings. The molecule has 1 heteroatoms. The molecular formula is C34H31N. The van der Waals surface area contributed by atoms with Gasteiger partial charge >= 0.3 is 0 Å². The topological polar surface area (TPSA) is 3.24 Å². The van der Waals surface area contributed by atoms with Crippen LogP contribution in [-0.4, -0.2) is 0 Å². The van der Waals surface area contributed by atoms with Crippen LogP contribution in [0.2, 0.25) is 0 Å². The molecule has 35 heavy (non-hydrogen) atoms. The molecule has 1 nitrogen and oxygen atoms in total. The van der Waals surface area contributed by atoms with Crippen molar-refractivity contribution in [3.8, 4) is 0 Å². The first-order valence-electron chi connectivity index (χ1n) is 12.3. The molecule has 4 aromatic carbocycles. The third-order valence-corrected chi connectivity index (χ3v) is 6.59. The zero-order valence-corrected chi connectivity index (χ0v) is 20.4. The number of para-hydroxylation sites is 1. The van der Waals surface area contributed by atoms with Gasteiger partial charge in [-0.1, -0.05) is 122 Å². The van der Waals surface area contributed by atoms with Crippen LogP contribution in [0.25, 0.3) is 5.57 Å². The largest absolute Gasteiger partial charge is 0.311 e. The highest BCUT2D eigenvalue weighted by molar-refractivity contribution is 5.80. The van der Waals surface area contributed by atoms with Gasteiger partial charge in [0.2, 0.25) is 0 Å². The van der Waals surface area contributed by atoms with E-state index in [0.717, 1.165) is 6.42 Å². The Morgan fingerprint density at radius 1 is 0.686 bits per heavy atom. The number of anilines is 2. The second-order valence-corrected chi connectivity index (χ2v) is 9.47. The zero-order chi connectivity index (χ0) is 24.1. The summed E-state index contributed by atoms with van der Waals surface area (Å²) in [5, 5.41) is 0. The van der Waals surface area contributed by atoms with Crippen LogP contribution in [0.3, 0.4) is 0 Å². The monoisotopic (exact) mass is 453 g/mol. The number of hydrogen-bond donors (Lipinski definition) is 0. The number of aryl methyl sites for hydroxylation is 1. The van der Waals surface area contributed by atoms with Crippen molar-refractivity contribution in [3.63, 3.8) is 0 Å². The van der Waals surface area contributed by atoms with Crippen LogP contribution in [0.15, 0.2) is 145 Å². The molecule has 0 heterocycles. The van der Waals surface area contributed by atoms with Gasteiger partial charge in [0.15, 0.2) is 0 Å². The van der Waals surface area contributed by atoms with E-state index in [1.807, 2.05) is 0 Å². The van der Waals surface area contributed by atoms with Gasteiger partial charge in [0.05, 0.1) is 0 Å². The highest BCUT2D eigenvalue weighted by Crippen LogP contribution is 2.39. The third-order valence-electron chi connectivity index (χ3n) is 6.59. The van der Waals surface area contributed by atoms with Gasteiger partial charge in [0.1, 0.15) is 0 Å². The number of allylic oxidation sites excluding steroid dienone is 4. The Balaban J connectivity index is 1.51. The van der Waals surface area contributed by atoms with Crippen molar-refractivity contribution in [3.05, 3.63) is 162 Å². The minimum absolute atomic E-state index is 0.0832. The average molecular weight is 454 g/mol. The van der Waals surface area contributed by atoms with Crippen LogP contribution >= 0.6 is 0 Å². The van der Waals surface area contributed by atoms with E-state index >= 15 is 0 Å². The van der Waals surface area contributed by atoms with Crippen molar-refractivity contribution in [2.75, 3.05) is 4.90 Å². The molecule has 1 aliphatic carbocycles. The molecule has 172 valence electrons. The van der Waals surface area contributed by atoms with E-state index in [1.165, 1.54) is 39.3 Å². The van der Waals surface area contributed by atoms with Gasteiger partial charge in [-0.15, -0.1) is 0 Å². The van der Waals surface area contributed by atoms with Crippen molar-refractivity contribution in [2.24, 2.45) is 5.41 Å². The number of nitrogens with zero attached hydrogens (tertiary/aromatic N) is 1. The first-order valence-corrected chi connectivity index (χ1v) is 12.3. The molecule has 0 fully saturated rings. The Morgan fingerprint density at radius 2 is 1.20 bits per heavy atom. The lowest BCUT2D eigenvalue weighted by Gasteiger charge is -2.32. The maximum absolute atomic E-state index is 2.43. The standard InChI is InChI=1S/C34H31N/c1-27-18-20-31(21-19-27)35(30-16-10-5-11-17-30)32-22-24-34(2,25-23-32)26-33(28-12-6-3-7-13-28)29-14-8-4-9-15-29/h3-24,26H,25H2,1-2H3/t34-/m0/s1. The molecule has 1 atom stereocenters. The zero-order valence-electron chi connectivity index (χ0n) is 20.4. The molecule has 4 aromatic rings. The minimum Gasteiger partial charge on any atom is -0.311 e. The van der Waals surface area contributed by atoms with Gasteiger partial charge < -0.3 is 4.90 Å². The number of hydrogen-bond acceptors (Lipinski definition) is 1. The van der Waals surface area contributed by atoms with Crippen molar-refractivity contribution in [1.82, 2.24) is 0 Å². The highest BCUT2D eigenvalue weighted by atomic mass is 15.1. The lowest BCUT2D eigenvalue weighted by molar-refractivity contribution is 0.554. The molecule has 0 spiro atoms. The maximum Gasteiger partial charge on any atom is 0.0461 e. The smallest absolute Gasteiger partial charge is 0.0461 e. The van der Waals surface area contributed by atoms with E-state index < -0.39 is 0 Å². The van der Waals surface area contributed by atoms with E-state index in [9.17, 15) is 0 Å². The predicted octanol–water partition coefficient (Wildman–Crippen LogP) is 9.12. The molecule has 0 aliphatic heterocycles. The lowest BCUT2D eigenvalue weighted by Crippen LogP contribution is -2.20. The van der Waals surface area contributed by atoms with Crippen LogP contribution in [0.1, 0.15) is 30.0 Å². The fraction of sp³-hybridized carbons (Fsp3) is 0.118. The van der Waals surface area contributed by atoms with Crippen molar-refractivity contribution >= 4 is 16.9 Å². The third kappa shape index (κ3) is 5.20. The van der Waals surface area contributed by atoms with E-state index in [2.05, 4.69) is 158 Å². The summed E-state index contributed by atoms with van der Waals surface area (Å²) in [4.78, 5) is 2.34. The molecule has 0 radical (unpaired) electrons. The van der Waals surface area contributed by atoms with Crippen LogP contribution in [-0.2, 0) is 0 Å². The summed E-state index contributed by atoms with van der Waals surface area (Å²) in [7, 11) is 0. The van der Waals surface area contributed by atoms with Gasteiger partial charge in [-0.05, 0) is 60.4 Å². The Bertz CT molecular complexity index is 1310. The molecule has 0 bridgehead atoms. The van der Waals surface area contributed by atoms with E-state index in [0.29, 0.717) is 0 Å². The maximum atomic E-state index is 2.43. The van der Waals surface area contributed by atoms with Crippen molar-refractivity contribution < 1.29 is 0 Å². The van der Waals surface area contributed by atoms with E-state index in [4.69, 9.17) is 0 Å². The van der Waals surface area contributed by atoms with Gasteiger partial charge in [-0.2, -0.15) is 0 Å². The number of benzene rings is 4. The normalized spacial score (nSPS) is 16.9. The Labute approximate surface area is 209 Å². The molecule has 0 aromatic heterocycles. The summed E-state index contributed by atoms with van der Waals surface area (Å²) >= 11 is 0. The predicted molar refractivity (Wildman–Crippen MR) is 150 cm³/mol. The summed E-state index contributed by atoms with van der Waals surface area (Å²) in [5.41, 5.74) is 8.48. The van der Waals surface area contributed by atoms with Crippen molar-refractivity contribution in [2.45, 2.75) is 20.3 Å². The molecule has 0 saturated carbocycles. The van der Waals surface area contributed by atoms with Crippen LogP contribution in [0, 0.1) is 12.3 Å². The summed E-state index contributed by atoms with van der Waals surface area (Å²) in [5.74, 6) is 0. The average Bonchev–Trinajstić information content (AvgIpc) is 2.91. The SMILES string of the molecule is Cc1ccc(N(C2=CC[C@@](C)(C=C(c3ccccc3)c3ccccc3)C=C2)c2ccccc2)cc1. The Kier molecular flexibility index (Phi) is 6.50. The summed E-state index contributed by atoms with van der Waals surface area (Å²) in [6, 6.07) is 40.8. The summed E-state index contributed by atoms with van der Waals surface area (Å²) in [6.07, 6.45) is 10.4. The van der Waals surface area contributed by atoms with Gasteiger partial charge in [0, 0.05) is 22.5 Å². The van der Waals surface area contributed by atoms with Crippen LogP contribution < -0.4 is 4.90 Å². The molecule has 0 unspecified atom stereocenters. The fourth-order valence-electron chi connectivity index (χ4n) is 4.63. The first-order chi connectivity index (χ1) is 17.1. The minimum atomic E-state index is -0.0832. The molecule has 0 amide bonds. The number of rotatable bonds is 6. The summed E-state index contributed by atoms with van der Waals surface area (Å²) < 4.78 is 0. The molecule has 0 saturated heterocycles. The quantitative estimate of drug-likeness (QED) is 0.281. The molecular weight excluding hydrogens is 422 g/mol. The van der Waals surface area contributed by atoms with Crippen LogP contribution in [0.4, 0.5) is 11.4 Å². The summed E-state index contributed by atoms with van der Waals surface area (Å²) in [6.45, 7) is 4.45.